The molecule has 9 nitrogen and oxygen atoms in total. The van der Waals surface area contributed by atoms with Gasteiger partial charge in [0.2, 0.25) is 23.8 Å². The number of primary amides is 1. The minimum absolute atomic E-state index is 0.296. The van der Waals surface area contributed by atoms with Crippen LogP contribution in [0.25, 0.3) is 0 Å². The third-order valence-corrected chi connectivity index (χ3v) is 5.97. The number of hydrogen-bond donors (Lipinski definition) is 4. The van der Waals surface area contributed by atoms with Gasteiger partial charge in [0.25, 0.3) is 0 Å². The maximum Gasteiger partial charge on any atom is 0.248 e. The predicted octanol–water partition coefficient (Wildman–Crippen LogP) is 2.18. The monoisotopic (exact) mass is 410 g/mol. The third kappa shape index (κ3) is 4.62. The van der Waals surface area contributed by atoms with Crippen LogP contribution in [-0.2, 0) is 0 Å². The maximum absolute atomic E-state index is 11.6. The second-order valence-electron chi connectivity index (χ2n) is 8.18. The molecule has 2 aromatic rings. The van der Waals surface area contributed by atoms with Gasteiger partial charge in [0.05, 0.1) is 0 Å². The van der Waals surface area contributed by atoms with Gasteiger partial charge in [-0.1, -0.05) is 18.9 Å². The molecule has 1 saturated carbocycles. The average molecular weight is 411 g/mol. The molecule has 0 spiro atoms. The Morgan fingerprint density at radius 2 is 1.93 bits per heavy atom. The molecule has 1 unspecified atom stereocenters. The lowest BCUT2D eigenvalue weighted by Crippen LogP contribution is -2.31. The van der Waals surface area contributed by atoms with Crippen LogP contribution in [0.15, 0.2) is 18.2 Å². The smallest absolute Gasteiger partial charge is 0.248 e. The number of carbonyl (C=O) groups excluding carboxylic acids is 1. The molecule has 4 rings (SSSR count). The van der Waals surface area contributed by atoms with E-state index < -0.39 is 5.91 Å². The maximum atomic E-state index is 11.6. The van der Waals surface area contributed by atoms with Crippen LogP contribution < -0.4 is 26.6 Å². The molecule has 9 heteroatoms. The third-order valence-electron chi connectivity index (χ3n) is 5.97. The van der Waals surface area contributed by atoms with Crippen LogP contribution in [0, 0.1) is 6.92 Å². The fraction of sp³-hybridized carbons (Fsp3) is 0.524. The molecule has 0 radical (unpaired) electrons. The number of aryl methyl sites for hydroxylation is 1. The summed E-state index contributed by atoms with van der Waals surface area (Å²) in [6.45, 7) is 3.84. The molecule has 1 aromatic heterocycles. The Bertz CT molecular complexity index is 906. The first-order chi connectivity index (χ1) is 14.5. The fourth-order valence-electron chi connectivity index (χ4n) is 4.09. The summed E-state index contributed by atoms with van der Waals surface area (Å²) in [6.07, 6.45) is 5.81. The molecule has 1 aliphatic carbocycles. The summed E-state index contributed by atoms with van der Waals surface area (Å²) in [5.74, 6) is 1.19. The van der Waals surface area contributed by atoms with E-state index in [2.05, 4.69) is 37.9 Å². The van der Waals surface area contributed by atoms with Gasteiger partial charge in [-0.25, -0.2) is 0 Å². The summed E-state index contributed by atoms with van der Waals surface area (Å²) in [6, 6.07) is 6.05. The van der Waals surface area contributed by atoms with E-state index in [9.17, 15) is 4.79 Å². The quantitative estimate of drug-likeness (QED) is 0.548. The van der Waals surface area contributed by atoms with E-state index >= 15 is 0 Å². The first-order valence-electron chi connectivity index (χ1n) is 10.6. The van der Waals surface area contributed by atoms with Crippen LogP contribution in [0.4, 0.5) is 23.5 Å². The van der Waals surface area contributed by atoms with Gasteiger partial charge >= 0.3 is 0 Å². The zero-order valence-electron chi connectivity index (χ0n) is 17.6. The van der Waals surface area contributed by atoms with Crippen LogP contribution in [0.1, 0.15) is 48.0 Å². The molecule has 1 amide bonds. The van der Waals surface area contributed by atoms with E-state index in [1.54, 1.807) is 12.1 Å². The number of rotatable bonds is 7. The summed E-state index contributed by atoms with van der Waals surface area (Å²) >= 11 is 0. The molecular formula is C21H30N8O. The minimum atomic E-state index is -0.466. The van der Waals surface area contributed by atoms with Gasteiger partial charge in [0.1, 0.15) is 0 Å². The van der Waals surface area contributed by atoms with Crippen LogP contribution in [-0.4, -0.2) is 53.1 Å². The zero-order valence-corrected chi connectivity index (χ0v) is 17.6. The van der Waals surface area contributed by atoms with Crippen molar-refractivity contribution in [3.8, 4) is 0 Å². The van der Waals surface area contributed by atoms with E-state index in [1.165, 1.54) is 12.8 Å². The highest BCUT2D eigenvalue weighted by Crippen LogP contribution is 2.27. The number of anilines is 4. The predicted molar refractivity (Wildman–Crippen MR) is 118 cm³/mol. The molecule has 2 fully saturated rings. The van der Waals surface area contributed by atoms with Crippen LogP contribution in [0.3, 0.4) is 0 Å². The molecule has 2 heterocycles. The largest absolute Gasteiger partial charge is 0.366 e. The topological polar surface area (TPSA) is 121 Å². The summed E-state index contributed by atoms with van der Waals surface area (Å²) in [5, 5.41) is 10.0. The summed E-state index contributed by atoms with van der Waals surface area (Å²) in [4.78, 5) is 27.7. The number of amides is 1. The zero-order chi connectivity index (χ0) is 21.1. The fourth-order valence-corrected chi connectivity index (χ4v) is 4.09. The van der Waals surface area contributed by atoms with E-state index in [-0.39, 0.29) is 0 Å². The van der Waals surface area contributed by atoms with Gasteiger partial charge < -0.3 is 26.6 Å². The van der Waals surface area contributed by atoms with Crippen molar-refractivity contribution in [1.29, 1.82) is 0 Å². The van der Waals surface area contributed by atoms with Gasteiger partial charge in [-0.2, -0.15) is 15.0 Å². The molecule has 1 atom stereocenters. The number of nitrogens with two attached hydrogens (primary N) is 1. The molecule has 160 valence electrons. The molecular weight excluding hydrogens is 380 g/mol. The Kier molecular flexibility index (Phi) is 5.98. The summed E-state index contributed by atoms with van der Waals surface area (Å²) in [7, 11) is 2.05. The first kappa shape index (κ1) is 20.3. The average Bonchev–Trinajstić information content (AvgIpc) is 3.43. The number of aromatic nitrogens is 3. The van der Waals surface area contributed by atoms with Crippen molar-refractivity contribution >= 4 is 29.4 Å². The van der Waals surface area contributed by atoms with E-state index in [1.807, 2.05) is 13.0 Å². The van der Waals surface area contributed by atoms with Crippen molar-refractivity contribution in [1.82, 2.24) is 20.3 Å². The lowest BCUT2D eigenvalue weighted by Gasteiger charge is -2.25. The van der Waals surface area contributed by atoms with E-state index in [4.69, 9.17) is 10.7 Å². The highest BCUT2D eigenvalue weighted by Gasteiger charge is 2.24. The van der Waals surface area contributed by atoms with E-state index in [0.29, 0.717) is 35.5 Å². The highest BCUT2D eigenvalue weighted by atomic mass is 16.1. The number of hydrogen-bond acceptors (Lipinski definition) is 8. The lowest BCUT2D eigenvalue weighted by atomic mass is 10.1. The Morgan fingerprint density at radius 1 is 1.17 bits per heavy atom. The second-order valence-corrected chi connectivity index (χ2v) is 8.18. The lowest BCUT2D eigenvalue weighted by molar-refractivity contribution is 0.100. The molecule has 5 N–H and O–H groups in total. The van der Waals surface area contributed by atoms with Gasteiger partial charge in [0.15, 0.2) is 0 Å². The van der Waals surface area contributed by atoms with Gasteiger partial charge in [-0.15, -0.1) is 0 Å². The molecule has 0 bridgehead atoms. The number of benzene rings is 1. The van der Waals surface area contributed by atoms with Crippen molar-refractivity contribution in [3.05, 3.63) is 29.3 Å². The Balaban J connectivity index is 1.64. The first-order valence-corrected chi connectivity index (χ1v) is 10.6. The minimum Gasteiger partial charge on any atom is -0.366 e. The number of nitrogens with zero attached hydrogens (tertiary/aromatic N) is 4. The van der Waals surface area contributed by atoms with Crippen LogP contribution in [0.5, 0.6) is 0 Å². The Morgan fingerprint density at radius 3 is 2.63 bits per heavy atom. The standard InChI is InChI=1S/C21H30N8O/c1-13-7-8-14(18(22)30)11-17(13)25-20-26-19(24-15-9-10-23-12-15)27-21(28-20)29(2)16-5-3-4-6-16/h7-8,11,15-16,23H,3-6,9-10,12H2,1-2H3,(H2,22,30)(H2,24,25,26,27,28). The van der Waals surface area contributed by atoms with Crippen molar-refractivity contribution < 1.29 is 4.79 Å². The van der Waals surface area contributed by atoms with Gasteiger partial charge in [0, 0.05) is 36.9 Å². The summed E-state index contributed by atoms with van der Waals surface area (Å²) in [5.41, 5.74) is 7.61. The van der Waals surface area contributed by atoms with Crippen molar-refractivity contribution in [2.24, 2.45) is 5.73 Å². The van der Waals surface area contributed by atoms with Crippen molar-refractivity contribution in [2.75, 3.05) is 35.7 Å². The second kappa shape index (κ2) is 8.83. The molecule has 2 aliphatic rings. The summed E-state index contributed by atoms with van der Waals surface area (Å²) < 4.78 is 0. The van der Waals surface area contributed by atoms with Gasteiger partial charge in [-0.3, -0.25) is 4.79 Å². The van der Waals surface area contributed by atoms with Crippen molar-refractivity contribution in [2.45, 2.75) is 51.1 Å². The SMILES string of the molecule is Cc1ccc(C(N)=O)cc1Nc1nc(NC2CCNC2)nc(N(C)C2CCCC2)n1. The number of carbonyl (C=O) groups is 1. The molecule has 1 saturated heterocycles. The Labute approximate surface area is 176 Å². The highest BCUT2D eigenvalue weighted by molar-refractivity contribution is 5.94. The van der Waals surface area contributed by atoms with Crippen molar-refractivity contribution in [3.63, 3.8) is 0 Å². The van der Waals surface area contributed by atoms with Gasteiger partial charge in [-0.05, 0) is 50.4 Å². The number of nitrogens with one attached hydrogen (secondary N) is 3. The van der Waals surface area contributed by atoms with Crippen LogP contribution >= 0.6 is 0 Å². The normalized spacial score (nSPS) is 19.1. The Hall–Kier alpha value is -2.94. The van der Waals surface area contributed by atoms with E-state index in [0.717, 1.165) is 43.6 Å². The molecule has 1 aromatic carbocycles. The van der Waals surface area contributed by atoms with Crippen LogP contribution in [0.2, 0.25) is 0 Å². The molecule has 30 heavy (non-hydrogen) atoms. The molecule has 1 aliphatic heterocycles.